The SMILES string of the molecule is O=c1ccn([C@@H]2O[C@H](COP(=O)([O-])OP(=O)([O-])OP(=O)([O-])OP(=O)([O-])Cc3cccc4ccccc34)C(O)[C@@H]2O)c(=O)[nH]1. The van der Waals surface area contributed by atoms with Crippen molar-refractivity contribution in [2.75, 3.05) is 6.61 Å². The molecule has 1 aliphatic heterocycles. The predicted octanol–water partition coefficient (Wildman–Crippen LogP) is -1.47. The minimum absolute atomic E-state index is 0.101. The molecule has 8 atom stereocenters. The third kappa shape index (κ3) is 8.74. The molecule has 3 N–H and O–H groups in total. The summed E-state index contributed by atoms with van der Waals surface area (Å²) >= 11 is 0. The molecule has 23 heteroatoms. The van der Waals surface area contributed by atoms with Gasteiger partial charge in [0.25, 0.3) is 29.0 Å². The minimum Gasteiger partial charge on any atom is -0.778 e. The summed E-state index contributed by atoms with van der Waals surface area (Å²) in [6.07, 6.45) is -7.26. The summed E-state index contributed by atoms with van der Waals surface area (Å²) < 4.78 is 69.7. The normalized spacial score (nSPS) is 26.3. The van der Waals surface area contributed by atoms with Crippen molar-refractivity contribution in [2.24, 2.45) is 0 Å². The lowest BCUT2D eigenvalue weighted by Crippen LogP contribution is -2.37. The van der Waals surface area contributed by atoms with Crippen LogP contribution in [-0.4, -0.2) is 44.7 Å². The number of phosphoric acid groups is 3. The van der Waals surface area contributed by atoms with Crippen LogP contribution in [0.25, 0.3) is 10.8 Å². The lowest BCUT2D eigenvalue weighted by Gasteiger charge is -2.37. The lowest BCUT2D eigenvalue weighted by atomic mass is 10.1. The van der Waals surface area contributed by atoms with E-state index >= 15 is 0 Å². The molecule has 1 fully saturated rings. The van der Waals surface area contributed by atoms with Crippen molar-refractivity contribution >= 4 is 41.8 Å². The number of aromatic amines is 1. The molecule has 2 aromatic carbocycles. The van der Waals surface area contributed by atoms with E-state index in [1.807, 2.05) is 4.98 Å². The standard InChI is InChI=1S/C20H24N2O17P4/c23-16-8-9-22(20(26)21-16)19-18(25)17(24)15(36-19)10-35-41(29,30)38-43(33,34)39-42(31,32)37-40(27,28)11-13-6-3-5-12-4-1-2-7-14(12)13/h1-9,15,17-19,24-25H,10-11H2,(H,27,28)(H,29,30)(H,31,32)(H,33,34)(H,21,23,26)/p-4/t15-,17?,18+,19-/m1/s1. The maximum atomic E-state index is 12.4. The molecule has 1 aromatic heterocycles. The summed E-state index contributed by atoms with van der Waals surface area (Å²) in [6, 6.07) is 11.8. The summed E-state index contributed by atoms with van der Waals surface area (Å²) in [7, 11) is -24.2. The Morgan fingerprint density at radius 1 is 0.837 bits per heavy atom. The first kappa shape index (κ1) is 33.7. The van der Waals surface area contributed by atoms with Crippen LogP contribution in [-0.2, 0) is 46.6 Å². The maximum Gasteiger partial charge on any atom is 0.330 e. The first-order valence-electron chi connectivity index (χ1n) is 11.7. The number of rotatable bonds is 12. The smallest absolute Gasteiger partial charge is 0.330 e. The van der Waals surface area contributed by atoms with Crippen LogP contribution in [0.15, 0.2) is 64.3 Å². The van der Waals surface area contributed by atoms with Gasteiger partial charge < -0.3 is 43.6 Å². The van der Waals surface area contributed by atoms with Crippen LogP contribution < -0.4 is 30.8 Å². The van der Waals surface area contributed by atoms with Gasteiger partial charge in [0, 0.05) is 18.4 Å². The molecule has 1 saturated heterocycles. The zero-order valence-corrected chi connectivity index (χ0v) is 24.8. The third-order valence-corrected chi connectivity index (χ3v) is 11.9. The molecular weight excluding hydrogens is 664 g/mol. The quantitative estimate of drug-likeness (QED) is 0.183. The van der Waals surface area contributed by atoms with Gasteiger partial charge in [-0.25, -0.2) is 13.4 Å². The van der Waals surface area contributed by atoms with E-state index in [-0.39, 0.29) is 5.56 Å². The second kappa shape index (κ2) is 12.7. The number of hydrogen-bond acceptors (Lipinski definition) is 17. The van der Waals surface area contributed by atoms with E-state index in [9.17, 15) is 57.6 Å². The van der Waals surface area contributed by atoms with Gasteiger partial charge in [-0.3, -0.25) is 32.4 Å². The molecule has 19 nitrogen and oxygen atoms in total. The molecule has 0 bridgehead atoms. The molecule has 0 spiro atoms. The van der Waals surface area contributed by atoms with Crippen LogP contribution in [0.5, 0.6) is 0 Å². The van der Waals surface area contributed by atoms with Gasteiger partial charge in [0.15, 0.2) is 6.23 Å². The number of nitrogens with one attached hydrogen (secondary N) is 1. The Labute approximate surface area is 240 Å². The highest BCUT2D eigenvalue weighted by atomic mass is 31.3. The van der Waals surface area contributed by atoms with Crippen molar-refractivity contribution in [3.8, 4) is 0 Å². The number of aliphatic hydroxyl groups excluding tert-OH is 2. The van der Waals surface area contributed by atoms with Crippen molar-refractivity contribution in [1.29, 1.82) is 0 Å². The van der Waals surface area contributed by atoms with E-state index in [2.05, 4.69) is 17.5 Å². The third-order valence-electron chi connectivity index (χ3n) is 5.73. The molecule has 236 valence electrons. The molecule has 3 aromatic rings. The second-order valence-electron chi connectivity index (χ2n) is 8.85. The number of H-pyrrole nitrogens is 1. The van der Waals surface area contributed by atoms with Crippen molar-refractivity contribution in [3.63, 3.8) is 0 Å². The zero-order chi connectivity index (χ0) is 31.8. The topological polar surface area (TPSA) is 302 Å². The maximum absolute atomic E-state index is 12.4. The van der Waals surface area contributed by atoms with Crippen LogP contribution in [0, 0.1) is 0 Å². The molecule has 43 heavy (non-hydrogen) atoms. The summed E-state index contributed by atoms with van der Waals surface area (Å²) in [5, 5.41) is 21.3. The Bertz CT molecular complexity index is 1800. The van der Waals surface area contributed by atoms with Gasteiger partial charge in [0.05, 0.1) is 6.61 Å². The molecule has 1 aliphatic rings. The van der Waals surface area contributed by atoms with Gasteiger partial charge in [-0.05, 0) is 16.3 Å². The van der Waals surface area contributed by atoms with Gasteiger partial charge in [0.1, 0.15) is 25.9 Å². The zero-order valence-electron chi connectivity index (χ0n) is 21.2. The number of benzene rings is 2. The van der Waals surface area contributed by atoms with Crippen molar-refractivity contribution in [1.82, 2.24) is 9.55 Å². The van der Waals surface area contributed by atoms with Gasteiger partial charge in [-0.1, -0.05) is 42.5 Å². The number of hydrogen-bond donors (Lipinski definition) is 3. The van der Waals surface area contributed by atoms with Gasteiger partial charge in [-0.15, -0.1) is 0 Å². The fourth-order valence-corrected chi connectivity index (χ4v) is 9.40. The average molecular weight is 684 g/mol. The van der Waals surface area contributed by atoms with Gasteiger partial charge in [0.2, 0.25) is 0 Å². The van der Waals surface area contributed by atoms with Crippen LogP contribution in [0.2, 0.25) is 0 Å². The fraction of sp³-hybridized carbons (Fsp3) is 0.300. The molecule has 0 saturated carbocycles. The van der Waals surface area contributed by atoms with Crippen molar-refractivity contribution in [3.05, 3.63) is 81.1 Å². The number of ether oxygens (including phenoxy) is 1. The molecule has 2 heterocycles. The number of phosphoric ester groups is 1. The van der Waals surface area contributed by atoms with E-state index in [4.69, 9.17) is 4.74 Å². The van der Waals surface area contributed by atoms with Crippen molar-refractivity contribution < 1.29 is 70.2 Å². The number of aromatic nitrogens is 2. The predicted molar refractivity (Wildman–Crippen MR) is 135 cm³/mol. The summed E-state index contributed by atoms with van der Waals surface area (Å²) in [5.74, 6) is 0. The first-order chi connectivity index (χ1) is 19.9. The Morgan fingerprint density at radius 2 is 1.47 bits per heavy atom. The molecule has 0 amide bonds. The Balaban J connectivity index is 1.36. The van der Waals surface area contributed by atoms with Crippen molar-refractivity contribution in [2.45, 2.75) is 30.7 Å². The largest absolute Gasteiger partial charge is 0.778 e. The fourth-order valence-electron chi connectivity index (χ4n) is 4.01. The molecule has 5 unspecified atom stereocenters. The van der Waals surface area contributed by atoms with E-state index in [1.165, 1.54) is 12.1 Å². The highest BCUT2D eigenvalue weighted by Crippen LogP contribution is 2.67. The van der Waals surface area contributed by atoms with Crippen LogP contribution in [0.3, 0.4) is 0 Å². The highest BCUT2D eigenvalue weighted by molar-refractivity contribution is 7.69. The van der Waals surface area contributed by atoms with Gasteiger partial charge >= 0.3 is 5.69 Å². The van der Waals surface area contributed by atoms with Crippen LogP contribution in [0.1, 0.15) is 11.8 Å². The summed E-state index contributed by atoms with van der Waals surface area (Å²) in [5.41, 5.74) is -1.75. The van der Waals surface area contributed by atoms with Crippen LogP contribution in [0.4, 0.5) is 0 Å². The lowest BCUT2D eigenvalue weighted by molar-refractivity contribution is -0.251. The number of fused-ring (bicyclic) bond motifs is 1. The number of aliphatic hydroxyl groups is 2. The Kier molecular flexibility index (Phi) is 9.96. The summed E-state index contributed by atoms with van der Waals surface area (Å²) in [4.78, 5) is 73.5. The minimum atomic E-state index is -6.45. The van der Waals surface area contributed by atoms with E-state index in [0.29, 0.717) is 15.3 Å². The highest BCUT2D eigenvalue weighted by Gasteiger charge is 2.45. The molecular formula is C20H20N2O17P4-4. The average Bonchev–Trinajstić information content (AvgIpc) is 3.14. The first-order valence-corrected chi connectivity index (χ1v) is 17.8. The van der Waals surface area contributed by atoms with E-state index in [1.54, 1.807) is 30.3 Å². The molecule has 0 radical (unpaired) electrons. The number of nitrogens with zero attached hydrogens (tertiary/aromatic N) is 1. The Hall–Kier alpha value is -2.14. The van der Waals surface area contributed by atoms with Crippen LogP contribution >= 0.6 is 31.1 Å². The molecule has 0 aliphatic carbocycles. The van der Waals surface area contributed by atoms with E-state index < -0.39 is 79.6 Å². The second-order valence-corrected chi connectivity index (χ2v) is 15.3. The van der Waals surface area contributed by atoms with E-state index in [0.717, 1.165) is 12.3 Å². The summed E-state index contributed by atoms with van der Waals surface area (Å²) in [6.45, 7) is -1.24. The Morgan fingerprint density at radius 3 is 2.16 bits per heavy atom. The molecule has 4 rings (SSSR count). The van der Waals surface area contributed by atoms with Gasteiger partial charge in [-0.2, -0.15) is 0 Å². The monoisotopic (exact) mass is 684 g/mol.